The number of sulfonamides is 1. The maximum absolute atomic E-state index is 12.0. The fourth-order valence-electron chi connectivity index (χ4n) is 1.35. The highest BCUT2D eigenvalue weighted by atomic mass is 32.2. The highest BCUT2D eigenvalue weighted by Crippen LogP contribution is 2.05. The molecule has 1 aromatic rings. The summed E-state index contributed by atoms with van der Waals surface area (Å²) >= 11 is 0. The average molecular weight is 321 g/mol. The molecule has 0 aromatic carbocycles. The third-order valence-corrected chi connectivity index (χ3v) is 4.16. The van der Waals surface area contributed by atoms with Gasteiger partial charge in [0.2, 0.25) is 10.0 Å². The van der Waals surface area contributed by atoms with Crippen LogP contribution in [0.3, 0.4) is 0 Å². The zero-order valence-corrected chi connectivity index (χ0v) is 12.3. The number of nitrogens with zero attached hydrogens (tertiary/aromatic N) is 2. The Morgan fingerprint density at radius 3 is 2.38 bits per heavy atom. The minimum atomic E-state index is -4.39. The van der Waals surface area contributed by atoms with Crippen LogP contribution in [0.15, 0.2) is 20.7 Å². The van der Waals surface area contributed by atoms with Gasteiger partial charge in [-0.2, -0.15) is 0 Å². The first-order valence-corrected chi connectivity index (χ1v) is 7.10. The van der Waals surface area contributed by atoms with Crippen LogP contribution in [0.2, 0.25) is 0 Å². The van der Waals surface area contributed by atoms with Crippen LogP contribution in [0.4, 0.5) is 0 Å². The first-order chi connectivity index (χ1) is 9.40. The molecule has 0 saturated carbocycles. The van der Waals surface area contributed by atoms with Crippen molar-refractivity contribution < 1.29 is 23.4 Å². The van der Waals surface area contributed by atoms with Crippen LogP contribution in [0.25, 0.3) is 0 Å². The predicted octanol–water partition coefficient (Wildman–Crippen LogP) is -2.80. The van der Waals surface area contributed by atoms with Gasteiger partial charge in [-0.25, -0.2) is 22.7 Å². The van der Waals surface area contributed by atoms with Crippen LogP contribution >= 0.6 is 0 Å². The van der Waals surface area contributed by atoms with Crippen molar-refractivity contribution in [3.63, 3.8) is 0 Å². The van der Waals surface area contributed by atoms with Gasteiger partial charge in [0.25, 0.3) is 5.56 Å². The molecule has 0 saturated heterocycles. The zero-order valence-electron chi connectivity index (χ0n) is 11.5. The van der Waals surface area contributed by atoms with Crippen LogP contribution in [0, 0.1) is 0 Å². The number of nitrogens with one attached hydrogen (secondary N) is 1. The van der Waals surface area contributed by atoms with E-state index in [4.69, 9.17) is 5.11 Å². The Morgan fingerprint density at radius 2 is 1.90 bits per heavy atom. The van der Waals surface area contributed by atoms with Crippen LogP contribution < -0.4 is 16.0 Å². The molecule has 0 aliphatic carbocycles. The Bertz CT molecular complexity index is 788. The number of carbonyl (C=O) groups is 1. The Morgan fingerprint density at radius 1 is 1.38 bits per heavy atom. The van der Waals surface area contributed by atoms with E-state index in [0.717, 1.165) is 24.7 Å². The SMILES string of the molecule is Cn1cc(S(=O)(=O)NCC(C)(O)C(=O)O)c(=O)n(C)c1=O. The lowest BCUT2D eigenvalue weighted by Gasteiger charge is -2.18. The van der Waals surface area contributed by atoms with Gasteiger partial charge in [0.05, 0.1) is 6.54 Å². The largest absolute Gasteiger partial charge is 0.479 e. The molecule has 21 heavy (non-hydrogen) atoms. The number of hydrogen-bond acceptors (Lipinski definition) is 6. The number of aliphatic hydroxyl groups is 1. The van der Waals surface area contributed by atoms with Gasteiger partial charge < -0.3 is 14.8 Å². The Labute approximate surface area is 119 Å². The topological polar surface area (TPSA) is 148 Å². The summed E-state index contributed by atoms with van der Waals surface area (Å²) in [5.74, 6) is -1.63. The molecule has 0 spiro atoms. The number of aromatic nitrogens is 2. The molecule has 3 N–H and O–H groups in total. The van der Waals surface area contributed by atoms with Crippen molar-refractivity contribution in [1.29, 1.82) is 0 Å². The lowest BCUT2D eigenvalue weighted by molar-refractivity contribution is -0.155. The Balaban J connectivity index is 3.26. The third-order valence-electron chi connectivity index (χ3n) is 2.77. The van der Waals surface area contributed by atoms with E-state index in [2.05, 4.69) is 0 Å². The van der Waals surface area contributed by atoms with Gasteiger partial charge in [-0.15, -0.1) is 0 Å². The maximum Gasteiger partial charge on any atom is 0.336 e. The number of aliphatic carboxylic acids is 1. The van der Waals surface area contributed by atoms with Gasteiger partial charge in [-0.3, -0.25) is 9.36 Å². The second-order valence-corrected chi connectivity index (χ2v) is 6.39. The van der Waals surface area contributed by atoms with Crippen molar-refractivity contribution in [2.45, 2.75) is 17.4 Å². The van der Waals surface area contributed by atoms with E-state index >= 15 is 0 Å². The minimum Gasteiger partial charge on any atom is -0.479 e. The molecular weight excluding hydrogens is 306 g/mol. The molecule has 10 nitrogen and oxygen atoms in total. The molecule has 0 radical (unpaired) electrons. The summed E-state index contributed by atoms with van der Waals surface area (Å²) in [5.41, 5.74) is -4.10. The molecule has 1 heterocycles. The standard InChI is InChI=1S/C10H15N3O7S/c1-10(18,8(15)16)5-11-21(19,20)6-4-12(2)9(17)13(3)7(6)14/h4,11,18H,5H2,1-3H3,(H,15,16). The van der Waals surface area contributed by atoms with E-state index in [1.165, 1.54) is 7.05 Å². The predicted molar refractivity (Wildman–Crippen MR) is 70.4 cm³/mol. The molecule has 11 heteroatoms. The second-order valence-electron chi connectivity index (χ2n) is 4.65. The minimum absolute atomic E-state index is 0.601. The molecule has 1 unspecified atom stereocenters. The molecule has 1 rings (SSSR count). The van der Waals surface area contributed by atoms with E-state index in [1.807, 2.05) is 4.72 Å². The first-order valence-electron chi connectivity index (χ1n) is 5.62. The van der Waals surface area contributed by atoms with E-state index in [-0.39, 0.29) is 0 Å². The average Bonchev–Trinajstić information content (AvgIpc) is 2.38. The van der Waals surface area contributed by atoms with E-state index in [9.17, 15) is 27.9 Å². The summed E-state index contributed by atoms with van der Waals surface area (Å²) in [6, 6.07) is 0. The number of aryl methyl sites for hydroxylation is 1. The third kappa shape index (κ3) is 3.37. The Hall–Kier alpha value is -1.98. The highest BCUT2D eigenvalue weighted by molar-refractivity contribution is 7.89. The molecule has 0 bridgehead atoms. The molecule has 0 fully saturated rings. The van der Waals surface area contributed by atoms with Crippen molar-refractivity contribution in [3.8, 4) is 0 Å². The molecular formula is C10H15N3O7S. The Kier molecular flexibility index (Phi) is 4.41. The summed E-state index contributed by atoms with van der Waals surface area (Å²) in [6.45, 7) is 0.0629. The van der Waals surface area contributed by atoms with Gasteiger partial charge in [-0.1, -0.05) is 0 Å². The van der Waals surface area contributed by atoms with Crippen molar-refractivity contribution in [1.82, 2.24) is 13.9 Å². The summed E-state index contributed by atoms with van der Waals surface area (Å²) in [4.78, 5) is 33.2. The number of rotatable bonds is 5. The van der Waals surface area contributed by atoms with Crippen LogP contribution in [-0.2, 0) is 28.9 Å². The molecule has 0 aliphatic rings. The van der Waals surface area contributed by atoms with E-state index in [0.29, 0.717) is 4.57 Å². The molecule has 0 amide bonds. The lowest BCUT2D eigenvalue weighted by atomic mass is 10.1. The summed E-state index contributed by atoms with van der Waals surface area (Å²) in [7, 11) is -2.02. The summed E-state index contributed by atoms with van der Waals surface area (Å²) in [6.07, 6.45) is 0.822. The van der Waals surface area contributed by atoms with E-state index in [1.54, 1.807) is 0 Å². The van der Waals surface area contributed by atoms with Crippen molar-refractivity contribution in [2.24, 2.45) is 14.1 Å². The fraction of sp³-hybridized carbons (Fsp3) is 0.500. The van der Waals surface area contributed by atoms with Gasteiger partial charge in [-0.05, 0) is 6.92 Å². The van der Waals surface area contributed by atoms with Crippen LogP contribution in [-0.4, -0.2) is 45.9 Å². The summed E-state index contributed by atoms with van der Waals surface area (Å²) in [5, 5.41) is 18.2. The van der Waals surface area contributed by atoms with E-state index < -0.39 is 44.3 Å². The highest BCUT2D eigenvalue weighted by Gasteiger charge is 2.32. The van der Waals surface area contributed by atoms with Crippen molar-refractivity contribution in [3.05, 3.63) is 27.0 Å². The van der Waals surface area contributed by atoms with Crippen molar-refractivity contribution >= 4 is 16.0 Å². The van der Waals surface area contributed by atoms with Gasteiger partial charge in [0.15, 0.2) is 10.5 Å². The van der Waals surface area contributed by atoms with Gasteiger partial charge in [0.1, 0.15) is 0 Å². The molecule has 118 valence electrons. The zero-order chi connectivity index (χ0) is 16.6. The number of carboxylic acid groups (broad SMARTS) is 1. The van der Waals surface area contributed by atoms with Crippen LogP contribution in [0.5, 0.6) is 0 Å². The molecule has 1 atom stereocenters. The first kappa shape index (κ1) is 17.1. The smallest absolute Gasteiger partial charge is 0.336 e. The quantitative estimate of drug-likeness (QED) is 0.530. The summed E-state index contributed by atoms with van der Waals surface area (Å²) < 4.78 is 27.3. The number of hydrogen-bond donors (Lipinski definition) is 3. The monoisotopic (exact) mass is 321 g/mol. The van der Waals surface area contributed by atoms with Crippen LogP contribution in [0.1, 0.15) is 6.92 Å². The molecule has 1 aromatic heterocycles. The second kappa shape index (κ2) is 5.42. The maximum atomic E-state index is 12.0. The lowest BCUT2D eigenvalue weighted by Crippen LogP contribution is -2.48. The fourth-order valence-corrected chi connectivity index (χ4v) is 2.64. The van der Waals surface area contributed by atoms with Gasteiger partial charge in [0, 0.05) is 20.3 Å². The molecule has 0 aliphatic heterocycles. The normalized spacial score (nSPS) is 14.7. The number of carboxylic acids is 1. The van der Waals surface area contributed by atoms with Crippen molar-refractivity contribution in [2.75, 3.05) is 6.54 Å². The van der Waals surface area contributed by atoms with Gasteiger partial charge >= 0.3 is 11.7 Å².